The van der Waals surface area contributed by atoms with Crippen molar-refractivity contribution >= 4 is 51.9 Å². The number of anilines is 5. The third-order valence-electron chi connectivity index (χ3n) is 3.72. The van der Waals surface area contributed by atoms with Gasteiger partial charge < -0.3 is 16.4 Å². The highest BCUT2D eigenvalue weighted by molar-refractivity contribution is 6.35. The number of aryl methyl sites for hydroxylation is 1. The number of benzene rings is 2. The quantitative estimate of drug-likeness (QED) is 0.556. The molecular formula is C18H17Cl2N5. The van der Waals surface area contributed by atoms with Crippen molar-refractivity contribution in [2.45, 2.75) is 13.3 Å². The summed E-state index contributed by atoms with van der Waals surface area (Å²) in [7, 11) is 0. The minimum absolute atomic E-state index is 0.393. The number of hydrogen-bond donors (Lipinski definition) is 3. The van der Waals surface area contributed by atoms with E-state index in [1.165, 1.54) is 11.9 Å². The van der Waals surface area contributed by atoms with Crippen LogP contribution in [0.5, 0.6) is 0 Å². The number of nitrogens with one attached hydrogen (secondary N) is 2. The van der Waals surface area contributed by atoms with Crippen molar-refractivity contribution in [3.63, 3.8) is 0 Å². The Morgan fingerprint density at radius 3 is 2.36 bits per heavy atom. The molecule has 0 spiro atoms. The smallest absolute Gasteiger partial charge is 0.159 e. The molecule has 0 atom stereocenters. The fraction of sp³-hybridized carbons (Fsp3) is 0.111. The highest BCUT2D eigenvalue weighted by atomic mass is 35.5. The first-order valence-electron chi connectivity index (χ1n) is 7.76. The lowest BCUT2D eigenvalue weighted by molar-refractivity contribution is 1.13. The Balaban J connectivity index is 1.91. The van der Waals surface area contributed by atoms with E-state index in [0.717, 1.165) is 12.1 Å². The number of para-hydroxylation sites is 1. The van der Waals surface area contributed by atoms with Gasteiger partial charge in [-0.3, -0.25) is 0 Å². The summed E-state index contributed by atoms with van der Waals surface area (Å²) in [6.45, 7) is 2.10. The van der Waals surface area contributed by atoms with Gasteiger partial charge in [-0.25, -0.2) is 9.97 Å². The van der Waals surface area contributed by atoms with Crippen LogP contribution in [0.3, 0.4) is 0 Å². The van der Waals surface area contributed by atoms with Gasteiger partial charge in [0.1, 0.15) is 12.0 Å². The largest absolute Gasteiger partial charge is 0.393 e. The topological polar surface area (TPSA) is 75.9 Å². The molecule has 5 nitrogen and oxygen atoms in total. The minimum Gasteiger partial charge on any atom is -0.393 e. The number of nitrogens with zero attached hydrogens (tertiary/aromatic N) is 2. The zero-order valence-electron chi connectivity index (χ0n) is 13.6. The molecule has 0 saturated carbocycles. The monoisotopic (exact) mass is 373 g/mol. The molecule has 0 aliphatic rings. The van der Waals surface area contributed by atoms with Gasteiger partial charge in [0.15, 0.2) is 11.6 Å². The Bertz CT molecular complexity index is 898. The number of halogens is 2. The van der Waals surface area contributed by atoms with E-state index in [4.69, 9.17) is 28.9 Å². The van der Waals surface area contributed by atoms with Gasteiger partial charge in [0.05, 0.1) is 10.7 Å². The van der Waals surface area contributed by atoms with E-state index in [0.29, 0.717) is 33.1 Å². The average Bonchev–Trinajstić information content (AvgIpc) is 2.62. The van der Waals surface area contributed by atoms with Crippen LogP contribution in [0.15, 0.2) is 48.8 Å². The molecule has 3 aromatic rings. The van der Waals surface area contributed by atoms with Gasteiger partial charge >= 0.3 is 0 Å². The summed E-state index contributed by atoms with van der Waals surface area (Å²) in [6.07, 6.45) is 2.34. The van der Waals surface area contributed by atoms with Crippen LogP contribution in [-0.4, -0.2) is 9.97 Å². The number of nitrogens with two attached hydrogens (primary N) is 1. The van der Waals surface area contributed by atoms with Gasteiger partial charge in [-0.2, -0.15) is 0 Å². The molecule has 128 valence electrons. The Morgan fingerprint density at radius 2 is 1.64 bits per heavy atom. The molecule has 0 fully saturated rings. The lowest BCUT2D eigenvalue weighted by Crippen LogP contribution is -2.06. The molecule has 1 heterocycles. The third-order valence-corrected chi connectivity index (χ3v) is 4.28. The van der Waals surface area contributed by atoms with Crippen LogP contribution in [0.2, 0.25) is 10.0 Å². The summed E-state index contributed by atoms with van der Waals surface area (Å²) in [4.78, 5) is 8.45. The molecule has 25 heavy (non-hydrogen) atoms. The molecule has 2 aromatic carbocycles. The average molecular weight is 374 g/mol. The van der Waals surface area contributed by atoms with Gasteiger partial charge in [0.2, 0.25) is 0 Å². The van der Waals surface area contributed by atoms with Crippen LogP contribution < -0.4 is 16.4 Å². The van der Waals surface area contributed by atoms with Crippen molar-refractivity contribution in [1.29, 1.82) is 0 Å². The van der Waals surface area contributed by atoms with Gasteiger partial charge in [0.25, 0.3) is 0 Å². The van der Waals surface area contributed by atoms with Gasteiger partial charge in [-0.15, -0.1) is 0 Å². The Kier molecular flexibility index (Phi) is 5.26. The molecule has 0 amide bonds. The van der Waals surface area contributed by atoms with Crippen molar-refractivity contribution in [1.82, 2.24) is 9.97 Å². The van der Waals surface area contributed by atoms with E-state index < -0.39 is 0 Å². The van der Waals surface area contributed by atoms with Crippen LogP contribution in [0, 0.1) is 0 Å². The number of aromatic nitrogens is 2. The molecular weight excluding hydrogens is 357 g/mol. The minimum atomic E-state index is 0.393. The summed E-state index contributed by atoms with van der Waals surface area (Å²) in [5.41, 5.74) is 9.38. The highest BCUT2D eigenvalue weighted by Gasteiger charge is 2.11. The summed E-state index contributed by atoms with van der Waals surface area (Å²) in [5, 5.41) is 7.46. The van der Waals surface area contributed by atoms with Crippen molar-refractivity contribution in [3.8, 4) is 0 Å². The molecule has 0 unspecified atom stereocenters. The van der Waals surface area contributed by atoms with E-state index in [-0.39, 0.29) is 0 Å². The molecule has 4 N–H and O–H groups in total. The fourth-order valence-corrected chi connectivity index (χ4v) is 2.73. The van der Waals surface area contributed by atoms with E-state index in [9.17, 15) is 0 Å². The molecule has 7 heteroatoms. The van der Waals surface area contributed by atoms with Crippen LogP contribution in [0.1, 0.15) is 12.5 Å². The molecule has 0 saturated heterocycles. The highest BCUT2D eigenvalue weighted by Crippen LogP contribution is 2.32. The summed E-state index contributed by atoms with van der Waals surface area (Å²) in [5.74, 6) is 0.979. The zero-order chi connectivity index (χ0) is 17.8. The standard InChI is InChI=1S/C18H17Cl2N5/c1-2-11-5-3-4-6-14(11)24-17-16(21)18(23-10-22-17)25-15-9-12(19)7-8-13(15)20/h3-10H,2,21H2,1H3,(H2,22,23,24,25). The first-order valence-corrected chi connectivity index (χ1v) is 8.51. The summed E-state index contributed by atoms with van der Waals surface area (Å²) < 4.78 is 0. The van der Waals surface area contributed by atoms with Crippen molar-refractivity contribution in [2.75, 3.05) is 16.4 Å². The van der Waals surface area contributed by atoms with Crippen molar-refractivity contribution in [2.24, 2.45) is 0 Å². The number of rotatable bonds is 5. The predicted octanol–water partition coefficient (Wildman–Crippen LogP) is 5.42. The second-order valence-electron chi connectivity index (χ2n) is 5.37. The molecule has 1 aromatic heterocycles. The normalized spacial score (nSPS) is 10.5. The van der Waals surface area contributed by atoms with Gasteiger partial charge in [-0.05, 0) is 36.2 Å². The zero-order valence-corrected chi connectivity index (χ0v) is 15.1. The molecule has 0 aliphatic carbocycles. The van der Waals surface area contributed by atoms with E-state index in [2.05, 4.69) is 33.6 Å². The Labute approximate surface area is 156 Å². The molecule has 0 radical (unpaired) electrons. The number of nitrogen functional groups attached to an aromatic ring is 1. The molecule has 0 aliphatic heterocycles. The van der Waals surface area contributed by atoms with E-state index in [1.54, 1.807) is 18.2 Å². The van der Waals surface area contributed by atoms with E-state index >= 15 is 0 Å². The van der Waals surface area contributed by atoms with Crippen molar-refractivity contribution < 1.29 is 0 Å². The predicted molar refractivity (Wildman–Crippen MR) is 105 cm³/mol. The van der Waals surface area contributed by atoms with Crippen LogP contribution in [0.4, 0.5) is 28.7 Å². The fourth-order valence-electron chi connectivity index (χ4n) is 2.39. The Morgan fingerprint density at radius 1 is 0.960 bits per heavy atom. The summed E-state index contributed by atoms with van der Waals surface area (Å²) in [6, 6.07) is 13.1. The van der Waals surface area contributed by atoms with Gasteiger partial charge in [0, 0.05) is 10.7 Å². The maximum Gasteiger partial charge on any atom is 0.159 e. The third kappa shape index (κ3) is 3.95. The second-order valence-corrected chi connectivity index (χ2v) is 6.21. The first kappa shape index (κ1) is 17.3. The second kappa shape index (κ2) is 7.59. The van der Waals surface area contributed by atoms with Crippen LogP contribution in [-0.2, 0) is 6.42 Å². The lowest BCUT2D eigenvalue weighted by Gasteiger charge is -2.15. The van der Waals surface area contributed by atoms with E-state index in [1.807, 2.05) is 18.2 Å². The summed E-state index contributed by atoms with van der Waals surface area (Å²) >= 11 is 12.2. The SMILES string of the molecule is CCc1ccccc1Nc1ncnc(Nc2cc(Cl)ccc2Cl)c1N. The lowest BCUT2D eigenvalue weighted by atomic mass is 10.1. The van der Waals surface area contributed by atoms with Crippen LogP contribution in [0.25, 0.3) is 0 Å². The molecule has 0 bridgehead atoms. The van der Waals surface area contributed by atoms with Crippen LogP contribution >= 0.6 is 23.2 Å². The van der Waals surface area contributed by atoms with Crippen molar-refractivity contribution in [3.05, 3.63) is 64.4 Å². The maximum atomic E-state index is 6.23. The van der Waals surface area contributed by atoms with Gasteiger partial charge in [-0.1, -0.05) is 48.3 Å². The number of hydrogen-bond acceptors (Lipinski definition) is 5. The maximum absolute atomic E-state index is 6.23. The molecule has 3 rings (SSSR count). The first-order chi connectivity index (χ1) is 12.1. The Hall–Kier alpha value is -2.50.